The molecule has 0 fully saturated rings. The fourth-order valence-electron chi connectivity index (χ4n) is 1.32. The molecule has 1 aromatic carbocycles. The van der Waals surface area contributed by atoms with E-state index in [0.29, 0.717) is 11.1 Å². The molecule has 0 radical (unpaired) electrons. The third kappa shape index (κ3) is 1.26. The van der Waals surface area contributed by atoms with Gasteiger partial charge in [-0.15, -0.1) is 0 Å². The number of ether oxygens (including phenoxy) is 1. The van der Waals surface area contributed by atoms with E-state index >= 15 is 0 Å². The van der Waals surface area contributed by atoms with Gasteiger partial charge in [0.2, 0.25) is 5.91 Å². The van der Waals surface area contributed by atoms with E-state index in [4.69, 9.17) is 10.5 Å². The number of rotatable bonds is 1. The zero-order valence-corrected chi connectivity index (χ0v) is 7.19. The first-order valence-corrected chi connectivity index (χ1v) is 4.01. The minimum absolute atomic E-state index is 0.220. The van der Waals surface area contributed by atoms with E-state index in [1.807, 2.05) is 0 Å². The molecule has 1 aliphatic heterocycles. The van der Waals surface area contributed by atoms with Gasteiger partial charge in [-0.05, 0) is 6.07 Å². The third-order valence-electron chi connectivity index (χ3n) is 1.89. The van der Waals surface area contributed by atoms with Crippen LogP contribution in [0.4, 0.5) is 0 Å². The number of primary amides is 1. The molecule has 0 aromatic heterocycles. The van der Waals surface area contributed by atoms with E-state index in [9.17, 15) is 9.59 Å². The van der Waals surface area contributed by atoms with Crippen LogP contribution < -0.4 is 5.73 Å². The van der Waals surface area contributed by atoms with Crippen molar-refractivity contribution >= 4 is 17.6 Å². The summed E-state index contributed by atoms with van der Waals surface area (Å²) in [6.07, 6.45) is 1.10. The third-order valence-corrected chi connectivity index (χ3v) is 1.89. The Morgan fingerprint density at radius 1 is 1.29 bits per heavy atom. The van der Waals surface area contributed by atoms with Gasteiger partial charge in [-0.2, -0.15) is 0 Å². The highest BCUT2D eigenvalue weighted by Crippen LogP contribution is 2.28. The monoisotopic (exact) mass is 189 g/mol. The molecule has 70 valence electrons. The van der Waals surface area contributed by atoms with Gasteiger partial charge in [-0.25, -0.2) is 4.79 Å². The van der Waals surface area contributed by atoms with Gasteiger partial charge in [-0.3, -0.25) is 4.79 Å². The molecular formula is C10H7NO3. The maximum absolute atomic E-state index is 11.2. The molecule has 0 unspecified atom stereocenters. The lowest BCUT2D eigenvalue weighted by Gasteiger charge is -1.94. The predicted molar refractivity (Wildman–Crippen MR) is 49.0 cm³/mol. The number of hydrogen-bond donors (Lipinski definition) is 1. The maximum Gasteiger partial charge on any atom is 0.344 e. The molecular weight excluding hydrogens is 182 g/mol. The zero-order chi connectivity index (χ0) is 10.1. The van der Waals surface area contributed by atoms with Gasteiger partial charge in [-0.1, -0.05) is 18.2 Å². The van der Waals surface area contributed by atoms with Gasteiger partial charge < -0.3 is 10.5 Å². The van der Waals surface area contributed by atoms with E-state index in [-0.39, 0.29) is 5.76 Å². The van der Waals surface area contributed by atoms with Gasteiger partial charge in [0, 0.05) is 11.6 Å². The summed E-state index contributed by atoms with van der Waals surface area (Å²) in [7, 11) is 0. The summed E-state index contributed by atoms with van der Waals surface area (Å²) in [5.41, 5.74) is 6.03. The molecule has 1 aromatic rings. The molecule has 14 heavy (non-hydrogen) atoms. The lowest BCUT2D eigenvalue weighted by molar-refractivity contribution is -0.113. The molecule has 0 spiro atoms. The molecule has 2 N–H and O–H groups in total. The first-order chi connectivity index (χ1) is 6.68. The summed E-state index contributed by atoms with van der Waals surface area (Å²) in [6, 6.07) is 6.83. The minimum Gasteiger partial charge on any atom is -0.422 e. The Labute approximate surface area is 80.0 Å². The Morgan fingerprint density at radius 2 is 1.93 bits per heavy atom. The van der Waals surface area contributed by atoms with Crippen molar-refractivity contribution in [1.29, 1.82) is 0 Å². The van der Waals surface area contributed by atoms with E-state index in [2.05, 4.69) is 0 Å². The summed E-state index contributed by atoms with van der Waals surface area (Å²) < 4.78 is 4.86. The van der Waals surface area contributed by atoms with Crippen molar-refractivity contribution in [3.05, 3.63) is 41.5 Å². The van der Waals surface area contributed by atoms with E-state index in [1.54, 1.807) is 24.3 Å². The number of benzene rings is 1. The second-order valence-electron chi connectivity index (χ2n) is 2.85. The minimum atomic E-state index is -0.635. The van der Waals surface area contributed by atoms with Gasteiger partial charge in [0.15, 0.2) is 0 Å². The second kappa shape index (κ2) is 2.99. The molecule has 2 rings (SSSR count). The molecule has 0 saturated heterocycles. The van der Waals surface area contributed by atoms with Gasteiger partial charge in [0.25, 0.3) is 0 Å². The van der Waals surface area contributed by atoms with Crippen LogP contribution in [0.2, 0.25) is 0 Å². The average Bonchev–Trinajstić information content (AvgIpc) is 2.44. The average molecular weight is 189 g/mol. The molecule has 1 aliphatic rings. The molecule has 0 saturated carbocycles. The van der Waals surface area contributed by atoms with Gasteiger partial charge in [0.05, 0.1) is 5.56 Å². The lowest BCUT2D eigenvalue weighted by atomic mass is 10.1. The van der Waals surface area contributed by atoms with Crippen molar-refractivity contribution in [2.45, 2.75) is 0 Å². The highest BCUT2D eigenvalue weighted by molar-refractivity contribution is 6.06. The largest absolute Gasteiger partial charge is 0.422 e. The maximum atomic E-state index is 11.2. The smallest absolute Gasteiger partial charge is 0.344 e. The lowest BCUT2D eigenvalue weighted by Crippen LogP contribution is -2.07. The molecule has 4 nitrogen and oxygen atoms in total. The van der Waals surface area contributed by atoms with Crippen LogP contribution in [0.1, 0.15) is 15.9 Å². The SMILES string of the molecule is NC(=O)/C=C1\OC(=O)c2ccccc21. The van der Waals surface area contributed by atoms with Gasteiger partial charge >= 0.3 is 5.97 Å². The number of hydrogen-bond acceptors (Lipinski definition) is 3. The summed E-state index contributed by atoms with van der Waals surface area (Å²) in [4.78, 5) is 21.9. The van der Waals surface area contributed by atoms with Crippen LogP contribution >= 0.6 is 0 Å². The second-order valence-corrected chi connectivity index (χ2v) is 2.85. The van der Waals surface area contributed by atoms with Crippen molar-refractivity contribution in [2.24, 2.45) is 5.73 Å². The topological polar surface area (TPSA) is 69.4 Å². The van der Waals surface area contributed by atoms with Crippen molar-refractivity contribution in [3.63, 3.8) is 0 Å². The molecule has 0 aliphatic carbocycles. The van der Waals surface area contributed by atoms with Crippen molar-refractivity contribution in [1.82, 2.24) is 0 Å². The van der Waals surface area contributed by atoms with E-state index in [1.165, 1.54) is 0 Å². The first kappa shape index (κ1) is 8.50. The van der Waals surface area contributed by atoms with Crippen molar-refractivity contribution in [3.8, 4) is 0 Å². The number of carbonyl (C=O) groups excluding carboxylic acids is 2. The number of nitrogens with two attached hydrogens (primary N) is 1. The molecule has 4 heteroatoms. The highest BCUT2D eigenvalue weighted by atomic mass is 16.5. The predicted octanol–water partition coefficient (Wildman–Crippen LogP) is 0.683. The Balaban J connectivity index is 2.54. The molecule has 0 atom stereocenters. The Bertz CT molecular complexity index is 448. The summed E-state index contributed by atoms with van der Waals surface area (Å²) in [5, 5.41) is 0. The first-order valence-electron chi connectivity index (χ1n) is 4.01. The number of amides is 1. The van der Waals surface area contributed by atoms with Crippen LogP contribution in [0.3, 0.4) is 0 Å². The number of fused-ring (bicyclic) bond motifs is 1. The summed E-state index contributed by atoms with van der Waals surface area (Å²) in [5.74, 6) is -0.865. The number of carbonyl (C=O) groups is 2. The molecule has 1 heterocycles. The Kier molecular flexibility index (Phi) is 1.81. The summed E-state index contributed by atoms with van der Waals surface area (Å²) >= 11 is 0. The standard InChI is InChI=1S/C10H7NO3/c11-9(12)5-8-6-3-1-2-4-7(6)10(13)14-8/h1-5H,(H2,11,12)/b8-5-. The normalized spacial score (nSPS) is 16.6. The van der Waals surface area contributed by atoms with Crippen LogP contribution in [-0.2, 0) is 9.53 Å². The highest BCUT2D eigenvalue weighted by Gasteiger charge is 2.25. The van der Waals surface area contributed by atoms with E-state index in [0.717, 1.165) is 6.08 Å². The van der Waals surface area contributed by atoms with Crippen molar-refractivity contribution in [2.75, 3.05) is 0 Å². The number of cyclic esters (lactones) is 1. The van der Waals surface area contributed by atoms with E-state index < -0.39 is 11.9 Å². The van der Waals surface area contributed by atoms with Crippen LogP contribution in [0.25, 0.3) is 5.76 Å². The Morgan fingerprint density at radius 3 is 2.57 bits per heavy atom. The van der Waals surface area contributed by atoms with Crippen LogP contribution in [0.5, 0.6) is 0 Å². The molecule has 1 amide bonds. The fraction of sp³-hybridized carbons (Fsp3) is 0. The van der Waals surface area contributed by atoms with Crippen LogP contribution in [-0.4, -0.2) is 11.9 Å². The fourth-order valence-corrected chi connectivity index (χ4v) is 1.32. The van der Waals surface area contributed by atoms with Crippen molar-refractivity contribution < 1.29 is 14.3 Å². The van der Waals surface area contributed by atoms with Crippen LogP contribution in [0, 0.1) is 0 Å². The van der Waals surface area contributed by atoms with Crippen LogP contribution in [0.15, 0.2) is 30.3 Å². The Hall–Kier alpha value is -2.10. The molecule has 0 bridgehead atoms. The number of esters is 1. The quantitative estimate of drug-likeness (QED) is 0.521. The zero-order valence-electron chi connectivity index (χ0n) is 7.19. The summed E-state index contributed by atoms with van der Waals surface area (Å²) in [6.45, 7) is 0. The van der Waals surface area contributed by atoms with Gasteiger partial charge in [0.1, 0.15) is 5.76 Å².